The van der Waals surface area contributed by atoms with Gasteiger partial charge >= 0.3 is 0 Å². The number of nitrogens with two attached hydrogens (primary N) is 1. The van der Waals surface area contributed by atoms with Gasteiger partial charge in [0.1, 0.15) is 18.2 Å². The Labute approximate surface area is 75.9 Å². The zero-order valence-electron chi connectivity index (χ0n) is 6.29. The number of fused-ring (bicyclic) bond motifs is 1. The number of hydrogen-bond acceptors (Lipinski definition) is 2. The van der Waals surface area contributed by atoms with Gasteiger partial charge in [0.2, 0.25) is 0 Å². The highest BCUT2D eigenvalue weighted by atomic mass is 35.5. The monoisotopic (exact) mass is 189 g/mol. The van der Waals surface area contributed by atoms with Crippen LogP contribution in [0, 0.1) is 5.82 Å². The molecule has 12 heavy (non-hydrogen) atoms. The molecule has 0 bridgehead atoms. The van der Waals surface area contributed by atoms with Gasteiger partial charge in [0.05, 0.1) is 6.04 Å². The van der Waals surface area contributed by atoms with E-state index >= 15 is 0 Å². The van der Waals surface area contributed by atoms with Crippen molar-refractivity contribution >= 4 is 12.4 Å². The van der Waals surface area contributed by atoms with Crippen LogP contribution in [0.4, 0.5) is 4.39 Å². The summed E-state index contributed by atoms with van der Waals surface area (Å²) in [6.07, 6.45) is 0. The maximum Gasteiger partial charge on any atom is 0.131 e. The first kappa shape index (κ1) is 9.29. The zero-order valence-corrected chi connectivity index (χ0v) is 7.10. The van der Waals surface area contributed by atoms with Crippen molar-refractivity contribution < 1.29 is 9.13 Å². The Bertz CT molecular complexity index is 292. The van der Waals surface area contributed by atoms with Crippen molar-refractivity contribution in [1.82, 2.24) is 0 Å². The molecule has 0 radical (unpaired) electrons. The normalized spacial score (nSPS) is 19.3. The Morgan fingerprint density at radius 2 is 2.25 bits per heavy atom. The van der Waals surface area contributed by atoms with Crippen LogP contribution in [0.25, 0.3) is 0 Å². The van der Waals surface area contributed by atoms with E-state index in [-0.39, 0.29) is 24.3 Å². The standard InChI is InChI=1S/C8H8FNO.ClH/c9-5-2-1-3-7-8(5)6(10)4-11-7;/h1-3,6H,4,10H2;1H/t6-;/m0./s1. The van der Waals surface area contributed by atoms with Crippen molar-refractivity contribution in [3.8, 4) is 5.75 Å². The van der Waals surface area contributed by atoms with Crippen LogP contribution >= 0.6 is 12.4 Å². The van der Waals surface area contributed by atoms with Gasteiger partial charge in [-0.05, 0) is 12.1 Å². The molecule has 0 aliphatic carbocycles. The van der Waals surface area contributed by atoms with E-state index in [0.29, 0.717) is 17.9 Å². The number of rotatable bonds is 0. The second kappa shape index (κ2) is 3.29. The van der Waals surface area contributed by atoms with Gasteiger partial charge in [-0.1, -0.05) is 6.07 Å². The molecule has 0 saturated heterocycles. The largest absolute Gasteiger partial charge is 0.491 e. The molecule has 4 heteroatoms. The Kier molecular flexibility index (Phi) is 2.55. The first-order valence-corrected chi connectivity index (χ1v) is 3.46. The number of ether oxygens (including phenoxy) is 1. The summed E-state index contributed by atoms with van der Waals surface area (Å²) in [5.74, 6) is 0.310. The summed E-state index contributed by atoms with van der Waals surface area (Å²) in [6.45, 7) is 0.385. The SMILES string of the molecule is Cl.N[C@H]1COc2cccc(F)c21. The molecule has 2 rings (SSSR count). The van der Waals surface area contributed by atoms with Gasteiger partial charge in [0, 0.05) is 5.56 Å². The van der Waals surface area contributed by atoms with Crippen molar-refractivity contribution in [2.75, 3.05) is 6.61 Å². The Morgan fingerprint density at radius 1 is 1.50 bits per heavy atom. The lowest BCUT2D eigenvalue weighted by Gasteiger charge is -2.00. The molecule has 1 aromatic carbocycles. The van der Waals surface area contributed by atoms with Gasteiger partial charge < -0.3 is 10.5 Å². The fourth-order valence-corrected chi connectivity index (χ4v) is 1.27. The molecule has 0 unspecified atom stereocenters. The van der Waals surface area contributed by atoms with Gasteiger partial charge in [-0.15, -0.1) is 12.4 Å². The van der Waals surface area contributed by atoms with Crippen molar-refractivity contribution in [1.29, 1.82) is 0 Å². The molecule has 1 aromatic rings. The van der Waals surface area contributed by atoms with E-state index in [4.69, 9.17) is 10.5 Å². The number of halogens is 2. The fraction of sp³-hybridized carbons (Fsp3) is 0.250. The third-order valence-corrected chi connectivity index (χ3v) is 1.80. The summed E-state index contributed by atoms with van der Waals surface area (Å²) < 4.78 is 18.1. The highest BCUT2D eigenvalue weighted by Crippen LogP contribution is 2.32. The Balaban J connectivity index is 0.000000720. The van der Waals surface area contributed by atoms with Gasteiger partial charge in [0.15, 0.2) is 0 Å². The van der Waals surface area contributed by atoms with Crippen LogP contribution < -0.4 is 10.5 Å². The molecule has 0 fully saturated rings. The van der Waals surface area contributed by atoms with Crippen LogP contribution in [0.1, 0.15) is 11.6 Å². The zero-order chi connectivity index (χ0) is 7.84. The van der Waals surface area contributed by atoms with Gasteiger partial charge in [-0.2, -0.15) is 0 Å². The van der Waals surface area contributed by atoms with Gasteiger partial charge in [-0.25, -0.2) is 4.39 Å². The molecule has 0 aromatic heterocycles. The molecule has 1 aliphatic rings. The molecule has 1 aliphatic heterocycles. The van der Waals surface area contributed by atoms with Crippen LogP contribution in [0.2, 0.25) is 0 Å². The average Bonchev–Trinajstić information content (AvgIpc) is 2.34. The highest BCUT2D eigenvalue weighted by molar-refractivity contribution is 5.85. The van der Waals surface area contributed by atoms with E-state index in [9.17, 15) is 4.39 Å². The lowest BCUT2D eigenvalue weighted by molar-refractivity contribution is 0.333. The minimum atomic E-state index is -0.300. The number of benzene rings is 1. The molecule has 0 spiro atoms. The third kappa shape index (κ3) is 1.26. The molecule has 2 nitrogen and oxygen atoms in total. The molecular weight excluding hydrogens is 181 g/mol. The second-order valence-electron chi connectivity index (χ2n) is 2.57. The van der Waals surface area contributed by atoms with E-state index in [1.54, 1.807) is 12.1 Å². The average molecular weight is 190 g/mol. The van der Waals surface area contributed by atoms with Gasteiger partial charge in [0.25, 0.3) is 0 Å². The molecule has 1 heterocycles. The van der Waals surface area contributed by atoms with E-state index in [1.807, 2.05) is 0 Å². The van der Waals surface area contributed by atoms with Crippen LogP contribution in [0.5, 0.6) is 5.75 Å². The lowest BCUT2D eigenvalue weighted by Crippen LogP contribution is -2.11. The second-order valence-corrected chi connectivity index (χ2v) is 2.57. The summed E-state index contributed by atoms with van der Waals surface area (Å²) in [4.78, 5) is 0. The van der Waals surface area contributed by atoms with Crippen molar-refractivity contribution in [3.05, 3.63) is 29.6 Å². The van der Waals surface area contributed by atoms with Gasteiger partial charge in [-0.3, -0.25) is 0 Å². The smallest absolute Gasteiger partial charge is 0.131 e. The van der Waals surface area contributed by atoms with E-state index in [1.165, 1.54) is 6.07 Å². The van der Waals surface area contributed by atoms with Crippen molar-refractivity contribution in [2.24, 2.45) is 5.73 Å². The quantitative estimate of drug-likeness (QED) is 0.674. The van der Waals surface area contributed by atoms with Crippen LogP contribution in [-0.2, 0) is 0 Å². The fourth-order valence-electron chi connectivity index (χ4n) is 1.27. The maximum atomic E-state index is 13.0. The molecular formula is C8H9ClFNO. The first-order valence-electron chi connectivity index (χ1n) is 3.46. The summed E-state index contributed by atoms with van der Waals surface area (Å²) in [5.41, 5.74) is 6.09. The molecule has 0 amide bonds. The van der Waals surface area contributed by atoms with Crippen LogP contribution in [0.3, 0.4) is 0 Å². The minimum absolute atomic E-state index is 0. The molecule has 0 saturated carbocycles. The van der Waals surface area contributed by atoms with E-state index in [0.717, 1.165) is 0 Å². The number of hydrogen-bond donors (Lipinski definition) is 1. The summed E-state index contributed by atoms with van der Waals surface area (Å²) >= 11 is 0. The first-order chi connectivity index (χ1) is 5.29. The lowest BCUT2D eigenvalue weighted by atomic mass is 10.1. The molecule has 1 atom stereocenters. The van der Waals surface area contributed by atoms with Crippen LogP contribution in [-0.4, -0.2) is 6.61 Å². The summed E-state index contributed by atoms with van der Waals surface area (Å²) in [6, 6.07) is 4.44. The topological polar surface area (TPSA) is 35.2 Å². The van der Waals surface area contributed by atoms with Crippen LogP contribution in [0.15, 0.2) is 18.2 Å². The predicted octanol–water partition coefficient (Wildman–Crippen LogP) is 1.64. The van der Waals surface area contributed by atoms with E-state index < -0.39 is 0 Å². The Hall–Kier alpha value is -0.800. The van der Waals surface area contributed by atoms with E-state index in [2.05, 4.69) is 0 Å². The van der Waals surface area contributed by atoms with Crippen molar-refractivity contribution in [2.45, 2.75) is 6.04 Å². The predicted molar refractivity (Wildman–Crippen MR) is 46.1 cm³/mol. The van der Waals surface area contributed by atoms with Crippen molar-refractivity contribution in [3.63, 3.8) is 0 Å². The summed E-state index contributed by atoms with van der Waals surface area (Å²) in [5, 5.41) is 0. The molecule has 2 N–H and O–H groups in total. The Morgan fingerprint density at radius 3 is 2.92 bits per heavy atom. The third-order valence-electron chi connectivity index (χ3n) is 1.80. The highest BCUT2D eigenvalue weighted by Gasteiger charge is 2.23. The summed E-state index contributed by atoms with van der Waals surface area (Å²) in [7, 11) is 0. The maximum absolute atomic E-state index is 13.0. The minimum Gasteiger partial charge on any atom is -0.491 e. The molecule has 66 valence electrons.